The number of hydrogen-bond donors (Lipinski definition) is 0. The van der Waals surface area contributed by atoms with Crippen LogP contribution in [0.15, 0.2) is 283 Å². The van der Waals surface area contributed by atoms with Gasteiger partial charge in [-0.15, -0.1) is 0 Å². The van der Waals surface area contributed by atoms with Crippen LogP contribution < -0.4 is 26.2 Å². The maximum atomic E-state index is 6.81. The summed E-state index contributed by atoms with van der Waals surface area (Å²) in [7, 11) is 0. The standard InChI is InChI=1S/C78H55BN2O/c1-78(2,3)55-48-71-76-72(49-55)81(68-40-21-18-31-57(68)52-28-11-6-12-29-52)70-47-54(74-59-33-13-15-35-61(59)75(62-36-16-14-34-60(62)74)64-38-23-37-63-58-32-19-22-41-73(58)82-77(63)64)42-44-65(70)79(76)66-46-53(50-24-7-4-8-25-50)43-45-69(66)80(71)67-39-20-17-30-56(67)51-26-9-5-10-27-51/h4-49H,1-3H3. The van der Waals surface area contributed by atoms with E-state index in [0.29, 0.717) is 0 Å². The molecule has 0 aliphatic carbocycles. The Labute approximate surface area is 478 Å². The van der Waals surface area contributed by atoms with Crippen LogP contribution in [0.1, 0.15) is 26.3 Å². The van der Waals surface area contributed by atoms with Gasteiger partial charge in [-0.3, -0.25) is 0 Å². The van der Waals surface area contributed by atoms with Crippen molar-refractivity contribution in [3.05, 3.63) is 285 Å². The lowest BCUT2D eigenvalue weighted by molar-refractivity contribution is 0.590. The lowest BCUT2D eigenvalue weighted by atomic mass is 9.33. The largest absolute Gasteiger partial charge is 0.455 e. The Morgan fingerprint density at radius 3 is 1.38 bits per heavy atom. The minimum atomic E-state index is -0.206. The lowest BCUT2D eigenvalue weighted by Gasteiger charge is -2.46. The smallest absolute Gasteiger partial charge is 0.252 e. The second-order valence-electron chi connectivity index (χ2n) is 23.1. The number of furan rings is 1. The number of anilines is 6. The van der Waals surface area contributed by atoms with Gasteiger partial charge in [0.2, 0.25) is 0 Å². The van der Waals surface area contributed by atoms with Crippen molar-refractivity contribution >= 4 is 101 Å². The van der Waals surface area contributed by atoms with E-state index in [-0.39, 0.29) is 12.1 Å². The maximum absolute atomic E-state index is 6.81. The third kappa shape index (κ3) is 7.45. The summed E-state index contributed by atoms with van der Waals surface area (Å²) >= 11 is 0. The van der Waals surface area contributed by atoms with E-state index in [4.69, 9.17) is 4.42 Å². The lowest BCUT2D eigenvalue weighted by Crippen LogP contribution is -2.61. The van der Waals surface area contributed by atoms with E-state index in [1.807, 2.05) is 0 Å². The van der Waals surface area contributed by atoms with E-state index in [9.17, 15) is 0 Å². The fourth-order valence-electron chi connectivity index (χ4n) is 13.6. The van der Waals surface area contributed by atoms with Crippen molar-refractivity contribution in [2.45, 2.75) is 26.2 Å². The predicted octanol–water partition coefficient (Wildman–Crippen LogP) is 19.6. The van der Waals surface area contributed by atoms with Crippen molar-refractivity contribution in [2.24, 2.45) is 0 Å². The molecule has 2 aliphatic rings. The highest BCUT2D eigenvalue weighted by atomic mass is 16.3. The molecular formula is C78H55BN2O. The van der Waals surface area contributed by atoms with Gasteiger partial charge in [-0.25, -0.2) is 0 Å². The summed E-state index contributed by atoms with van der Waals surface area (Å²) < 4.78 is 6.81. The van der Waals surface area contributed by atoms with E-state index in [1.54, 1.807) is 0 Å². The summed E-state index contributed by atoms with van der Waals surface area (Å²) in [4.78, 5) is 5.21. The third-order valence-electron chi connectivity index (χ3n) is 17.4. The highest BCUT2D eigenvalue weighted by Crippen LogP contribution is 2.52. The topological polar surface area (TPSA) is 19.6 Å². The van der Waals surface area contributed by atoms with Crippen LogP contribution in [-0.2, 0) is 5.41 Å². The van der Waals surface area contributed by atoms with Gasteiger partial charge in [0.25, 0.3) is 6.71 Å². The van der Waals surface area contributed by atoms with Crippen molar-refractivity contribution in [3.63, 3.8) is 0 Å². The summed E-state index contributed by atoms with van der Waals surface area (Å²) in [5.41, 5.74) is 25.4. The molecule has 3 nitrogen and oxygen atoms in total. The molecule has 0 fully saturated rings. The summed E-state index contributed by atoms with van der Waals surface area (Å²) in [6.07, 6.45) is 0. The van der Waals surface area contributed by atoms with Crippen LogP contribution in [0.5, 0.6) is 0 Å². The number of hydrogen-bond acceptors (Lipinski definition) is 3. The highest BCUT2D eigenvalue weighted by molar-refractivity contribution is 7.00. The van der Waals surface area contributed by atoms with Crippen LogP contribution in [0.25, 0.3) is 99.1 Å². The van der Waals surface area contributed by atoms with Crippen molar-refractivity contribution in [2.75, 3.05) is 9.80 Å². The van der Waals surface area contributed by atoms with Gasteiger partial charge in [-0.1, -0.05) is 257 Å². The molecule has 2 aliphatic heterocycles. The fourth-order valence-corrected chi connectivity index (χ4v) is 13.6. The van der Waals surface area contributed by atoms with Gasteiger partial charge in [0.15, 0.2) is 0 Å². The molecule has 1 aromatic heterocycles. The van der Waals surface area contributed by atoms with Gasteiger partial charge >= 0.3 is 0 Å². The molecule has 13 aromatic carbocycles. The molecule has 386 valence electrons. The summed E-state index contributed by atoms with van der Waals surface area (Å²) in [5, 5.41) is 7.00. The Bertz CT molecular complexity index is 4810. The molecule has 0 bridgehead atoms. The minimum Gasteiger partial charge on any atom is -0.455 e. The van der Waals surface area contributed by atoms with Crippen LogP contribution in [0.4, 0.5) is 34.1 Å². The van der Waals surface area contributed by atoms with E-state index < -0.39 is 0 Å². The van der Waals surface area contributed by atoms with Gasteiger partial charge in [0.05, 0.1) is 11.4 Å². The zero-order valence-electron chi connectivity index (χ0n) is 45.9. The van der Waals surface area contributed by atoms with Crippen molar-refractivity contribution in [3.8, 4) is 55.6 Å². The Balaban J connectivity index is 1.01. The monoisotopic (exact) mass is 1050 g/mol. The molecule has 0 unspecified atom stereocenters. The van der Waals surface area contributed by atoms with E-state index >= 15 is 0 Å². The van der Waals surface area contributed by atoms with Crippen LogP contribution >= 0.6 is 0 Å². The second kappa shape index (κ2) is 18.7. The Kier molecular flexibility index (Phi) is 10.9. The molecule has 14 aromatic rings. The zero-order chi connectivity index (χ0) is 54.6. The van der Waals surface area contributed by atoms with Crippen LogP contribution in [0, 0.1) is 0 Å². The molecule has 0 amide bonds. The first-order valence-electron chi connectivity index (χ1n) is 28.6. The maximum Gasteiger partial charge on any atom is 0.252 e. The molecule has 0 atom stereocenters. The van der Waals surface area contributed by atoms with Crippen molar-refractivity contribution < 1.29 is 4.42 Å². The SMILES string of the molecule is CC(C)(C)c1cc2c3c(c1)N(c1ccccc1-c1ccccc1)c1cc(-c4c5ccccc5c(-c5cccc6c5oc5ccccc56)c5ccccc45)ccc1B3c1cc(-c3ccccc3)ccc1N2c1ccccc1-c1ccccc1. The van der Waals surface area contributed by atoms with Gasteiger partial charge in [0.1, 0.15) is 11.2 Å². The number of nitrogens with zero attached hydrogens (tertiary/aromatic N) is 2. The fraction of sp³-hybridized carbons (Fsp3) is 0.0513. The molecule has 0 saturated heterocycles. The Morgan fingerprint density at radius 1 is 0.305 bits per heavy atom. The Morgan fingerprint density at radius 2 is 0.780 bits per heavy atom. The van der Waals surface area contributed by atoms with E-state index in [2.05, 4.69) is 310 Å². The highest BCUT2D eigenvalue weighted by Gasteiger charge is 2.45. The second-order valence-corrected chi connectivity index (χ2v) is 23.1. The van der Waals surface area contributed by atoms with E-state index in [0.717, 1.165) is 50.1 Å². The Hall–Kier alpha value is -10.2. The first-order valence-corrected chi connectivity index (χ1v) is 28.6. The quantitative estimate of drug-likeness (QED) is 0.117. The molecular weight excluding hydrogens is 992 g/mol. The molecule has 4 heteroatoms. The van der Waals surface area contributed by atoms with Crippen LogP contribution in [-0.4, -0.2) is 6.71 Å². The van der Waals surface area contributed by atoms with E-state index in [1.165, 1.54) is 105 Å². The third-order valence-corrected chi connectivity index (χ3v) is 17.4. The normalized spacial score (nSPS) is 12.7. The van der Waals surface area contributed by atoms with Gasteiger partial charge in [-0.2, -0.15) is 0 Å². The number of fused-ring (bicyclic) bond motifs is 9. The first-order chi connectivity index (χ1) is 40.4. The number of para-hydroxylation sites is 4. The zero-order valence-corrected chi connectivity index (χ0v) is 45.9. The van der Waals surface area contributed by atoms with Crippen molar-refractivity contribution in [1.82, 2.24) is 0 Å². The molecule has 0 saturated carbocycles. The minimum absolute atomic E-state index is 0.123. The molecule has 0 radical (unpaired) electrons. The van der Waals surface area contributed by atoms with Gasteiger partial charge in [-0.05, 0) is 125 Å². The molecule has 82 heavy (non-hydrogen) atoms. The van der Waals surface area contributed by atoms with Crippen LogP contribution in [0.2, 0.25) is 0 Å². The first kappa shape index (κ1) is 47.8. The van der Waals surface area contributed by atoms with Gasteiger partial charge in [0, 0.05) is 55.8 Å². The number of benzene rings is 13. The number of rotatable bonds is 7. The average molecular weight is 1050 g/mol. The van der Waals surface area contributed by atoms with Crippen molar-refractivity contribution in [1.29, 1.82) is 0 Å². The molecule has 0 spiro atoms. The summed E-state index contributed by atoms with van der Waals surface area (Å²) in [6.45, 7) is 6.95. The van der Waals surface area contributed by atoms with Gasteiger partial charge < -0.3 is 14.2 Å². The van der Waals surface area contributed by atoms with Crippen LogP contribution in [0.3, 0.4) is 0 Å². The molecule has 3 heterocycles. The molecule has 0 N–H and O–H groups in total. The molecule has 16 rings (SSSR count). The summed E-state index contributed by atoms with van der Waals surface area (Å²) in [5.74, 6) is 0. The average Bonchev–Trinajstić information content (AvgIpc) is 2.85. The summed E-state index contributed by atoms with van der Waals surface area (Å²) in [6, 6.07) is 103. The predicted molar refractivity (Wildman–Crippen MR) is 349 cm³/mol.